The van der Waals surface area contributed by atoms with Crippen molar-refractivity contribution in [3.63, 3.8) is 0 Å². The average Bonchev–Trinajstić information content (AvgIpc) is 2.49. The SMILES string of the molecule is Cn1c(Br)cnc1N1CCNCC1. The first-order valence-corrected chi connectivity index (χ1v) is 5.21. The van der Waals surface area contributed by atoms with Gasteiger partial charge in [-0.25, -0.2) is 4.98 Å². The Morgan fingerprint density at radius 2 is 2.15 bits per heavy atom. The number of rotatable bonds is 1. The van der Waals surface area contributed by atoms with Crippen LogP contribution in [0.25, 0.3) is 0 Å². The minimum absolute atomic E-state index is 1.03. The first-order chi connectivity index (χ1) is 6.29. The van der Waals surface area contributed by atoms with Gasteiger partial charge < -0.3 is 14.8 Å². The number of nitrogens with one attached hydrogen (secondary N) is 1. The van der Waals surface area contributed by atoms with Crippen LogP contribution in [0.5, 0.6) is 0 Å². The van der Waals surface area contributed by atoms with Gasteiger partial charge in [-0.2, -0.15) is 0 Å². The summed E-state index contributed by atoms with van der Waals surface area (Å²) in [6.45, 7) is 4.17. The van der Waals surface area contributed by atoms with Gasteiger partial charge in [0.25, 0.3) is 0 Å². The van der Waals surface area contributed by atoms with Crippen LogP contribution in [-0.2, 0) is 7.05 Å². The third-order valence-corrected chi connectivity index (χ3v) is 3.04. The van der Waals surface area contributed by atoms with Crippen molar-refractivity contribution in [2.24, 2.45) is 7.05 Å². The summed E-state index contributed by atoms with van der Waals surface area (Å²) < 4.78 is 3.09. The van der Waals surface area contributed by atoms with Crippen LogP contribution >= 0.6 is 15.9 Å². The molecule has 4 nitrogen and oxygen atoms in total. The van der Waals surface area contributed by atoms with Crippen LogP contribution in [0.2, 0.25) is 0 Å². The molecule has 5 heteroatoms. The second-order valence-electron chi connectivity index (χ2n) is 3.18. The molecule has 0 saturated carbocycles. The third-order valence-electron chi connectivity index (χ3n) is 2.31. The lowest BCUT2D eigenvalue weighted by molar-refractivity contribution is 0.573. The molecule has 1 fully saturated rings. The fourth-order valence-corrected chi connectivity index (χ4v) is 1.80. The Morgan fingerprint density at radius 3 is 2.69 bits per heavy atom. The molecule has 1 aromatic rings. The maximum absolute atomic E-state index is 4.35. The lowest BCUT2D eigenvalue weighted by Crippen LogP contribution is -2.44. The van der Waals surface area contributed by atoms with Gasteiger partial charge in [0, 0.05) is 33.2 Å². The zero-order valence-electron chi connectivity index (χ0n) is 7.63. The van der Waals surface area contributed by atoms with Crippen molar-refractivity contribution in [3.05, 3.63) is 10.8 Å². The number of hydrogen-bond acceptors (Lipinski definition) is 3. The standard InChI is InChI=1S/C8H13BrN4/c1-12-7(9)6-11-8(12)13-4-2-10-3-5-13/h6,10H,2-5H2,1H3. The monoisotopic (exact) mass is 244 g/mol. The lowest BCUT2D eigenvalue weighted by atomic mass is 10.4. The van der Waals surface area contributed by atoms with Crippen LogP contribution < -0.4 is 10.2 Å². The molecule has 2 rings (SSSR count). The number of imidazole rings is 1. The molecule has 0 bridgehead atoms. The van der Waals surface area contributed by atoms with Gasteiger partial charge in [-0.1, -0.05) is 0 Å². The number of aromatic nitrogens is 2. The van der Waals surface area contributed by atoms with Crippen LogP contribution in [-0.4, -0.2) is 35.7 Å². The Bertz CT molecular complexity index is 290. The van der Waals surface area contributed by atoms with Gasteiger partial charge in [0.1, 0.15) is 4.60 Å². The smallest absolute Gasteiger partial charge is 0.206 e. The van der Waals surface area contributed by atoms with Crippen LogP contribution in [0, 0.1) is 0 Å². The van der Waals surface area contributed by atoms with Crippen molar-refractivity contribution >= 4 is 21.9 Å². The van der Waals surface area contributed by atoms with Gasteiger partial charge in [-0.05, 0) is 15.9 Å². The molecule has 1 aliphatic heterocycles. The highest BCUT2D eigenvalue weighted by Gasteiger charge is 2.15. The summed E-state index contributed by atoms with van der Waals surface area (Å²) in [7, 11) is 2.02. The van der Waals surface area contributed by atoms with Gasteiger partial charge in [-0.15, -0.1) is 0 Å². The number of piperazine rings is 1. The van der Waals surface area contributed by atoms with Gasteiger partial charge in [0.05, 0.1) is 6.20 Å². The normalized spacial score (nSPS) is 17.8. The zero-order chi connectivity index (χ0) is 9.26. The van der Waals surface area contributed by atoms with E-state index in [1.165, 1.54) is 0 Å². The highest BCUT2D eigenvalue weighted by atomic mass is 79.9. The summed E-state index contributed by atoms with van der Waals surface area (Å²) in [5, 5.41) is 3.32. The summed E-state index contributed by atoms with van der Waals surface area (Å²) in [6.07, 6.45) is 1.84. The fraction of sp³-hybridized carbons (Fsp3) is 0.625. The second kappa shape index (κ2) is 3.67. The molecule has 0 aromatic carbocycles. The molecule has 0 radical (unpaired) electrons. The van der Waals surface area contributed by atoms with Crippen LogP contribution in [0.1, 0.15) is 0 Å². The number of hydrogen-bond donors (Lipinski definition) is 1. The van der Waals surface area contributed by atoms with Crippen molar-refractivity contribution in [2.75, 3.05) is 31.1 Å². The van der Waals surface area contributed by atoms with Gasteiger partial charge >= 0.3 is 0 Å². The highest BCUT2D eigenvalue weighted by Crippen LogP contribution is 2.17. The quantitative estimate of drug-likeness (QED) is 0.786. The van der Waals surface area contributed by atoms with Crippen molar-refractivity contribution < 1.29 is 0 Å². The van der Waals surface area contributed by atoms with E-state index in [2.05, 4.69) is 35.7 Å². The second-order valence-corrected chi connectivity index (χ2v) is 3.99. The molecular weight excluding hydrogens is 232 g/mol. The average molecular weight is 245 g/mol. The van der Waals surface area contributed by atoms with E-state index in [4.69, 9.17) is 0 Å². The van der Waals surface area contributed by atoms with Crippen LogP contribution in [0.4, 0.5) is 5.95 Å². The molecule has 1 saturated heterocycles. The summed E-state index contributed by atoms with van der Waals surface area (Å²) >= 11 is 3.44. The van der Waals surface area contributed by atoms with E-state index in [0.29, 0.717) is 0 Å². The van der Waals surface area contributed by atoms with Crippen molar-refractivity contribution in [1.29, 1.82) is 0 Å². The number of halogens is 1. The first-order valence-electron chi connectivity index (χ1n) is 4.42. The van der Waals surface area contributed by atoms with Crippen molar-refractivity contribution in [2.45, 2.75) is 0 Å². The zero-order valence-corrected chi connectivity index (χ0v) is 9.21. The van der Waals surface area contributed by atoms with E-state index in [-0.39, 0.29) is 0 Å². The molecule has 0 amide bonds. The minimum Gasteiger partial charge on any atom is -0.340 e. The molecule has 0 spiro atoms. The molecule has 72 valence electrons. The Labute approximate surface area is 86.1 Å². The predicted molar refractivity (Wildman–Crippen MR) is 56.0 cm³/mol. The van der Waals surface area contributed by atoms with Gasteiger partial charge in [-0.3, -0.25) is 0 Å². The van der Waals surface area contributed by atoms with E-state index in [1.54, 1.807) is 0 Å². The van der Waals surface area contributed by atoms with E-state index in [9.17, 15) is 0 Å². The van der Waals surface area contributed by atoms with Crippen molar-refractivity contribution in [3.8, 4) is 0 Å². The van der Waals surface area contributed by atoms with Crippen LogP contribution in [0.15, 0.2) is 10.8 Å². The van der Waals surface area contributed by atoms with E-state index in [0.717, 1.165) is 36.7 Å². The van der Waals surface area contributed by atoms with Gasteiger partial charge in [0.2, 0.25) is 5.95 Å². The lowest BCUT2D eigenvalue weighted by Gasteiger charge is -2.28. The summed E-state index contributed by atoms with van der Waals surface area (Å²) in [5.41, 5.74) is 0. The number of anilines is 1. The van der Waals surface area contributed by atoms with Gasteiger partial charge in [0.15, 0.2) is 0 Å². The maximum atomic E-state index is 4.35. The third kappa shape index (κ3) is 1.71. The molecule has 13 heavy (non-hydrogen) atoms. The molecule has 1 N–H and O–H groups in total. The molecule has 2 heterocycles. The minimum atomic E-state index is 1.03. The highest BCUT2D eigenvalue weighted by molar-refractivity contribution is 9.10. The molecule has 1 aromatic heterocycles. The van der Waals surface area contributed by atoms with E-state index < -0.39 is 0 Å². The maximum Gasteiger partial charge on any atom is 0.206 e. The Morgan fingerprint density at radius 1 is 1.46 bits per heavy atom. The molecule has 0 aliphatic carbocycles. The van der Waals surface area contributed by atoms with E-state index >= 15 is 0 Å². The molecule has 1 aliphatic rings. The largest absolute Gasteiger partial charge is 0.340 e. The van der Waals surface area contributed by atoms with Crippen LogP contribution in [0.3, 0.4) is 0 Å². The summed E-state index contributed by atoms with van der Waals surface area (Å²) in [5.74, 6) is 1.05. The Hall–Kier alpha value is -0.550. The topological polar surface area (TPSA) is 33.1 Å². The predicted octanol–water partition coefficient (Wildman–Crippen LogP) is 0.592. The van der Waals surface area contributed by atoms with Crippen molar-refractivity contribution in [1.82, 2.24) is 14.9 Å². The molecular formula is C8H13BrN4. The molecule has 0 unspecified atom stereocenters. The Kier molecular flexibility index (Phi) is 2.55. The number of nitrogens with zero attached hydrogens (tertiary/aromatic N) is 3. The van der Waals surface area contributed by atoms with E-state index in [1.807, 2.05) is 13.2 Å². The Balaban J connectivity index is 2.18. The summed E-state index contributed by atoms with van der Waals surface area (Å²) in [4.78, 5) is 6.65. The first kappa shape index (κ1) is 9.02. The summed E-state index contributed by atoms with van der Waals surface area (Å²) in [6, 6.07) is 0. The fourth-order valence-electron chi connectivity index (χ4n) is 1.54. The molecule has 0 atom stereocenters.